The summed E-state index contributed by atoms with van der Waals surface area (Å²) in [5.41, 5.74) is 2.74. The largest absolute Gasteiger partial charge is 0.364 e. The molecule has 0 fully saturated rings. The molecule has 0 spiro atoms. The molecular formula is C18H16N5O2S. The fourth-order valence-electron chi connectivity index (χ4n) is 2.91. The number of rotatable bonds is 5. The molecule has 131 valence electrons. The molecule has 0 saturated carbocycles. The van der Waals surface area contributed by atoms with Crippen molar-refractivity contribution in [2.45, 2.75) is 23.4 Å². The Morgan fingerprint density at radius 1 is 1.31 bits per heavy atom. The number of aryl methyl sites for hydroxylation is 1. The molecule has 0 amide bonds. The van der Waals surface area contributed by atoms with Crippen LogP contribution in [-0.2, 0) is 11.3 Å². The minimum Gasteiger partial charge on any atom is -0.364 e. The summed E-state index contributed by atoms with van der Waals surface area (Å²) in [5.74, 6) is 1.15. The van der Waals surface area contributed by atoms with Gasteiger partial charge < -0.3 is 9.30 Å². The van der Waals surface area contributed by atoms with Gasteiger partial charge in [0.15, 0.2) is 17.9 Å². The van der Waals surface area contributed by atoms with Gasteiger partial charge in [-0.3, -0.25) is 9.69 Å². The van der Waals surface area contributed by atoms with Gasteiger partial charge in [0.05, 0.1) is 17.6 Å². The molecule has 0 saturated heterocycles. The van der Waals surface area contributed by atoms with Gasteiger partial charge >= 0.3 is 0 Å². The number of carbonyl (C=O) groups excluding carboxylic acids is 1. The highest BCUT2D eigenvalue weighted by atomic mass is 32.2. The number of aldehydes is 1. The average molecular weight is 366 g/mol. The standard InChI is InChI=1S/C18H16N5O2S/c1-12-8-22(16(10-24)21-12)9-13-3-4-15-14(7-13)23(11-25-2)17-18(26-15)20-6-5-19-17/h3-7,10H,9,11H2,1-2H3. The highest BCUT2D eigenvalue weighted by Gasteiger charge is 2.25. The van der Waals surface area contributed by atoms with E-state index in [1.165, 1.54) is 0 Å². The Bertz CT molecular complexity index is 972. The van der Waals surface area contributed by atoms with Gasteiger partial charge in [0, 0.05) is 30.9 Å². The Morgan fingerprint density at radius 2 is 2.15 bits per heavy atom. The van der Waals surface area contributed by atoms with Crippen LogP contribution < -0.4 is 4.90 Å². The molecule has 0 aliphatic carbocycles. The van der Waals surface area contributed by atoms with Gasteiger partial charge in [-0.1, -0.05) is 17.8 Å². The maximum atomic E-state index is 11.2. The van der Waals surface area contributed by atoms with E-state index in [-0.39, 0.29) is 0 Å². The third-order valence-electron chi connectivity index (χ3n) is 3.98. The molecule has 1 aliphatic rings. The van der Waals surface area contributed by atoms with Crippen LogP contribution in [0.15, 0.2) is 40.5 Å². The topological polar surface area (TPSA) is 73.1 Å². The van der Waals surface area contributed by atoms with Gasteiger partial charge in [-0.25, -0.2) is 15.0 Å². The Balaban J connectivity index is 1.72. The molecule has 4 rings (SSSR count). The van der Waals surface area contributed by atoms with E-state index >= 15 is 0 Å². The number of anilines is 2. The lowest BCUT2D eigenvalue weighted by atomic mass is 10.1. The number of aromatic nitrogens is 4. The third kappa shape index (κ3) is 2.97. The summed E-state index contributed by atoms with van der Waals surface area (Å²) in [5, 5.41) is 0.853. The van der Waals surface area contributed by atoms with E-state index in [1.807, 2.05) is 17.9 Å². The zero-order valence-electron chi connectivity index (χ0n) is 14.3. The SMILES string of the molecule is COCN1c2cc(Cn3[c]c(C)nc3C=O)ccc2Sc2nccnc21. The Morgan fingerprint density at radius 3 is 2.96 bits per heavy atom. The van der Waals surface area contributed by atoms with Crippen molar-refractivity contribution in [3.05, 3.63) is 53.9 Å². The number of hydrogen-bond donors (Lipinski definition) is 0. The smallest absolute Gasteiger partial charge is 0.185 e. The number of benzene rings is 1. The van der Waals surface area contributed by atoms with Gasteiger partial charge in [0.2, 0.25) is 0 Å². The Kier molecular flexibility index (Phi) is 4.44. The molecule has 0 unspecified atom stereocenters. The van der Waals surface area contributed by atoms with Gasteiger partial charge in [-0.2, -0.15) is 0 Å². The number of imidazole rings is 1. The second-order valence-corrected chi connectivity index (χ2v) is 6.84. The minimum atomic E-state index is 0.374. The molecular weight excluding hydrogens is 350 g/mol. The summed E-state index contributed by atoms with van der Waals surface area (Å²) in [4.78, 5) is 27.3. The predicted octanol–water partition coefficient (Wildman–Crippen LogP) is 2.85. The van der Waals surface area contributed by atoms with E-state index in [0.29, 0.717) is 24.8 Å². The van der Waals surface area contributed by atoms with E-state index in [2.05, 4.69) is 33.3 Å². The summed E-state index contributed by atoms with van der Waals surface area (Å²) in [7, 11) is 1.65. The number of fused-ring (bicyclic) bond motifs is 2. The van der Waals surface area contributed by atoms with Crippen LogP contribution in [0.25, 0.3) is 0 Å². The molecule has 3 aromatic rings. The Hall–Kier alpha value is -2.71. The van der Waals surface area contributed by atoms with Crippen LogP contribution in [0.4, 0.5) is 11.5 Å². The summed E-state index contributed by atoms with van der Waals surface area (Å²) >= 11 is 1.58. The summed E-state index contributed by atoms with van der Waals surface area (Å²) in [6, 6.07) is 6.17. The molecule has 0 bridgehead atoms. The lowest BCUT2D eigenvalue weighted by Gasteiger charge is -2.30. The van der Waals surface area contributed by atoms with Crippen molar-refractivity contribution in [1.29, 1.82) is 0 Å². The molecule has 7 nitrogen and oxygen atoms in total. The fourth-order valence-corrected chi connectivity index (χ4v) is 3.90. The van der Waals surface area contributed by atoms with Gasteiger partial charge in [-0.15, -0.1) is 0 Å². The minimum absolute atomic E-state index is 0.374. The van der Waals surface area contributed by atoms with Crippen LogP contribution >= 0.6 is 11.8 Å². The molecule has 8 heteroatoms. The number of methoxy groups -OCH3 is 1. The van der Waals surface area contributed by atoms with Crippen LogP contribution in [0.3, 0.4) is 0 Å². The van der Waals surface area contributed by atoms with Crippen molar-refractivity contribution >= 4 is 29.6 Å². The monoisotopic (exact) mass is 366 g/mol. The fraction of sp³-hybridized carbons (Fsp3) is 0.222. The first-order valence-electron chi connectivity index (χ1n) is 7.99. The zero-order chi connectivity index (χ0) is 18.1. The van der Waals surface area contributed by atoms with Crippen molar-refractivity contribution in [3.8, 4) is 0 Å². The zero-order valence-corrected chi connectivity index (χ0v) is 15.2. The maximum Gasteiger partial charge on any atom is 0.185 e. The Labute approximate surface area is 155 Å². The first-order valence-corrected chi connectivity index (χ1v) is 8.81. The number of nitrogens with zero attached hydrogens (tertiary/aromatic N) is 5. The highest BCUT2D eigenvalue weighted by molar-refractivity contribution is 7.99. The van der Waals surface area contributed by atoms with Crippen molar-refractivity contribution in [1.82, 2.24) is 19.5 Å². The molecule has 0 N–H and O–H groups in total. The van der Waals surface area contributed by atoms with E-state index in [9.17, 15) is 4.79 Å². The number of carbonyl (C=O) groups is 1. The van der Waals surface area contributed by atoms with E-state index in [4.69, 9.17) is 4.74 Å². The molecule has 1 radical (unpaired) electrons. The van der Waals surface area contributed by atoms with Crippen LogP contribution in [0.1, 0.15) is 21.9 Å². The third-order valence-corrected chi connectivity index (χ3v) is 5.03. The maximum absolute atomic E-state index is 11.2. The molecule has 26 heavy (non-hydrogen) atoms. The lowest BCUT2D eigenvalue weighted by Crippen LogP contribution is -2.24. The first-order chi connectivity index (χ1) is 12.7. The molecule has 3 heterocycles. The van der Waals surface area contributed by atoms with Crippen molar-refractivity contribution < 1.29 is 9.53 Å². The van der Waals surface area contributed by atoms with Gasteiger partial charge in [-0.05, 0) is 24.6 Å². The summed E-state index contributed by atoms with van der Waals surface area (Å²) in [6.45, 7) is 2.71. The summed E-state index contributed by atoms with van der Waals surface area (Å²) < 4.78 is 7.10. The van der Waals surface area contributed by atoms with Crippen molar-refractivity contribution in [3.63, 3.8) is 0 Å². The van der Waals surface area contributed by atoms with Gasteiger partial charge in [0.25, 0.3) is 0 Å². The molecule has 0 atom stereocenters. The van der Waals surface area contributed by atoms with Crippen molar-refractivity contribution in [2.24, 2.45) is 0 Å². The van der Waals surface area contributed by atoms with Gasteiger partial charge in [0.1, 0.15) is 11.8 Å². The quantitative estimate of drug-likeness (QED) is 0.643. The predicted molar refractivity (Wildman–Crippen MR) is 96.9 cm³/mol. The second kappa shape index (κ2) is 6.89. The van der Waals surface area contributed by atoms with Crippen molar-refractivity contribution in [2.75, 3.05) is 18.7 Å². The average Bonchev–Trinajstić information content (AvgIpc) is 3.01. The number of ether oxygens (including phenoxy) is 1. The van der Waals surface area contributed by atoms with Crippen LogP contribution in [0, 0.1) is 13.1 Å². The lowest BCUT2D eigenvalue weighted by molar-refractivity contribution is 0.111. The van der Waals surface area contributed by atoms with Crippen LogP contribution in [0.2, 0.25) is 0 Å². The molecule has 1 aliphatic heterocycles. The molecule has 2 aromatic heterocycles. The van der Waals surface area contributed by atoms with Crippen LogP contribution in [0.5, 0.6) is 0 Å². The van der Waals surface area contributed by atoms with E-state index in [0.717, 1.165) is 33.3 Å². The van der Waals surface area contributed by atoms with E-state index < -0.39 is 0 Å². The van der Waals surface area contributed by atoms with E-state index in [1.54, 1.807) is 35.8 Å². The second-order valence-electron chi connectivity index (χ2n) is 5.81. The molecule has 1 aromatic carbocycles. The summed E-state index contributed by atoms with van der Waals surface area (Å²) in [6.07, 6.45) is 7.20. The normalized spacial score (nSPS) is 12.6. The first kappa shape index (κ1) is 16.7. The highest BCUT2D eigenvalue weighted by Crippen LogP contribution is 2.46. The van der Waals surface area contributed by atoms with Crippen LogP contribution in [-0.4, -0.2) is 39.6 Å². The number of hydrogen-bond acceptors (Lipinski definition) is 7.